The molecule has 1 heterocycles. The molecule has 0 atom stereocenters. The number of hydrogen-bond acceptors (Lipinski definition) is 4. The summed E-state index contributed by atoms with van der Waals surface area (Å²) in [7, 11) is 1.28. The first kappa shape index (κ1) is 9.44. The Balaban J connectivity index is 2.90. The maximum atomic E-state index is 11.2. The van der Waals surface area contributed by atoms with Gasteiger partial charge in [-0.3, -0.25) is 9.59 Å². The minimum atomic E-state index is -0.448. The van der Waals surface area contributed by atoms with E-state index in [1.165, 1.54) is 13.3 Å². The molecule has 13 heavy (non-hydrogen) atoms. The van der Waals surface area contributed by atoms with Crippen molar-refractivity contribution in [3.63, 3.8) is 0 Å². The average Bonchev–Trinajstić information content (AvgIpc) is 2.09. The van der Waals surface area contributed by atoms with Gasteiger partial charge in [-0.15, -0.1) is 0 Å². The molecule has 0 saturated heterocycles. The SMILES string of the molecule is COC(=O)Cc1cnc(C)[nH]c1=O. The third kappa shape index (κ3) is 2.40. The van der Waals surface area contributed by atoms with Gasteiger partial charge in [0, 0.05) is 11.8 Å². The molecule has 0 bridgehead atoms. The lowest BCUT2D eigenvalue weighted by molar-refractivity contribution is -0.139. The fourth-order valence-electron chi connectivity index (χ4n) is 0.864. The monoisotopic (exact) mass is 182 g/mol. The summed E-state index contributed by atoms with van der Waals surface area (Å²) in [6.45, 7) is 1.67. The quantitative estimate of drug-likeness (QED) is 0.642. The number of H-pyrrole nitrogens is 1. The fraction of sp³-hybridized carbons (Fsp3) is 0.375. The molecular weight excluding hydrogens is 172 g/mol. The molecule has 0 aliphatic rings. The number of hydrogen-bond donors (Lipinski definition) is 1. The van der Waals surface area contributed by atoms with Crippen LogP contribution in [0.5, 0.6) is 0 Å². The van der Waals surface area contributed by atoms with Crippen LogP contribution in [0.4, 0.5) is 0 Å². The van der Waals surface area contributed by atoms with Crippen LogP contribution in [-0.4, -0.2) is 23.0 Å². The highest BCUT2D eigenvalue weighted by molar-refractivity contribution is 5.72. The normalized spacial score (nSPS) is 9.69. The molecule has 1 aromatic rings. The van der Waals surface area contributed by atoms with Crippen LogP contribution in [0.25, 0.3) is 0 Å². The maximum Gasteiger partial charge on any atom is 0.310 e. The molecule has 1 rings (SSSR count). The Hall–Kier alpha value is -1.65. The minimum Gasteiger partial charge on any atom is -0.469 e. The minimum absolute atomic E-state index is 0.0425. The predicted octanol–water partition coefficient (Wildman–Crippen LogP) is -0.206. The maximum absolute atomic E-state index is 11.2. The molecule has 0 unspecified atom stereocenters. The van der Waals surface area contributed by atoms with E-state index in [2.05, 4.69) is 14.7 Å². The number of carbonyl (C=O) groups excluding carboxylic acids is 1. The van der Waals surface area contributed by atoms with E-state index >= 15 is 0 Å². The first-order valence-corrected chi connectivity index (χ1v) is 3.75. The largest absolute Gasteiger partial charge is 0.469 e. The molecule has 1 aromatic heterocycles. The number of carbonyl (C=O) groups is 1. The van der Waals surface area contributed by atoms with Crippen molar-refractivity contribution in [3.8, 4) is 0 Å². The number of aromatic amines is 1. The zero-order valence-corrected chi connectivity index (χ0v) is 7.46. The molecule has 1 N–H and O–H groups in total. The number of ether oxygens (including phenoxy) is 1. The van der Waals surface area contributed by atoms with Crippen LogP contribution in [0.15, 0.2) is 11.0 Å². The van der Waals surface area contributed by atoms with Gasteiger partial charge in [0.15, 0.2) is 0 Å². The Morgan fingerprint density at radius 3 is 2.92 bits per heavy atom. The smallest absolute Gasteiger partial charge is 0.310 e. The number of rotatable bonds is 2. The third-order valence-corrected chi connectivity index (χ3v) is 1.56. The van der Waals surface area contributed by atoms with E-state index in [-0.39, 0.29) is 12.0 Å². The van der Waals surface area contributed by atoms with Crippen LogP contribution in [0.1, 0.15) is 11.4 Å². The number of aryl methyl sites for hydroxylation is 1. The second kappa shape index (κ2) is 3.84. The van der Waals surface area contributed by atoms with Gasteiger partial charge in [-0.2, -0.15) is 0 Å². The molecule has 0 amide bonds. The first-order valence-electron chi connectivity index (χ1n) is 3.75. The molecule has 0 fully saturated rings. The lowest BCUT2D eigenvalue weighted by atomic mass is 10.2. The summed E-state index contributed by atoms with van der Waals surface area (Å²) in [4.78, 5) is 28.4. The first-order chi connectivity index (χ1) is 6.13. The molecule has 0 aliphatic heterocycles. The summed E-state index contributed by atoms with van der Waals surface area (Å²) in [5.74, 6) is 0.0785. The molecule has 70 valence electrons. The van der Waals surface area contributed by atoms with Crippen LogP contribution in [-0.2, 0) is 16.0 Å². The van der Waals surface area contributed by atoms with E-state index < -0.39 is 5.97 Å². The Morgan fingerprint density at radius 2 is 2.38 bits per heavy atom. The number of esters is 1. The summed E-state index contributed by atoms with van der Waals surface area (Å²) in [6.07, 6.45) is 1.34. The topological polar surface area (TPSA) is 72.0 Å². The van der Waals surface area contributed by atoms with Crippen molar-refractivity contribution < 1.29 is 9.53 Å². The predicted molar refractivity (Wildman–Crippen MR) is 45.3 cm³/mol. The fourth-order valence-corrected chi connectivity index (χ4v) is 0.864. The third-order valence-electron chi connectivity index (χ3n) is 1.56. The van der Waals surface area contributed by atoms with E-state index in [0.717, 1.165) is 0 Å². The molecule has 5 heteroatoms. The van der Waals surface area contributed by atoms with Gasteiger partial charge < -0.3 is 9.72 Å². The Bertz CT molecular complexity index is 370. The standard InChI is InChI=1S/C8H10N2O3/c1-5-9-4-6(8(12)10-5)3-7(11)13-2/h4H,3H2,1-2H3,(H,9,10,12). The van der Waals surface area contributed by atoms with Gasteiger partial charge >= 0.3 is 5.97 Å². The number of methoxy groups -OCH3 is 1. The zero-order chi connectivity index (χ0) is 9.84. The van der Waals surface area contributed by atoms with Crippen LogP contribution in [0, 0.1) is 6.92 Å². The lowest BCUT2D eigenvalue weighted by Gasteiger charge is -1.98. The molecule has 5 nitrogen and oxygen atoms in total. The Labute approximate surface area is 74.8 Å². The average molecular weight is 182 g/mol. The van der Waals surface area contributed by atoms with Crippen LogP contribution in [0.2, 0.25) is 0 Å². The molecular formula is C8H10N2O3. The summed E-state index contributed by atoms with van der Waals surface area (Å²) in [5.41, 5.74) is 0.0235. The van der Waals surface area contributed by atoms with Crippen molar-refractivity contribution in [2.45, 2.75) is 13.3 Å². The highest BCUT2D eigenvalue weighted by Gasteiger charge is 2.06. The summed E-state index contributed by atoms with van der Waals surface area (Å²) < 4.78 is 4.42. The van der Waals surface area contributed by atoms with Crippen molar-refractivity contribution in [2.24, 2.45) is 0 Å². The lowest BCUT2D eigenvalue weighted by Crippen LogP contribution is -2.18. The van der Waals surface area contributed by atoms with Gasteiger partial charge in [0.25, 0.3) is 5.56 Å². The zero-order valence-electron chi connectivity index (χ0n) is 7.46. The second-order valence-electron chi connectivity index (χ2n) is 2.58. The van der Waals surface area contributed by atoms with E-state index in [4.69, 9.17) is 0 Å². The Kier molecular flexibility index (Phi) is 2.79. The van der Waals surface area contributed by atoms with E-state index in [1.54, 1.807) is 6.92 Å². The molecule has 0 radical (unpaired) electrons. The van der Waals surface area contributed by atoms with Gasteiger partial charge in [-0.05, 0) is 6.92 Å². The Morgan fingerprint density at radius 1 is 1.69 bits per heavy atom. The molecule has 0 saturated carbocycles. The summed E-state index contributed by atoms with van der Waals surface area (Å²) >= 11 is 0. The highest BCUT2D eigenvalue weighted by Crippen LogP contribution is 1.92. The highest BCUT2D eigenvalue weighted by atomic mass is 16.5. The van der Waals surface area contributed by atoms with E-state index in [1.807, 2.05) is 0 Å². The summed E-state index contributed by atoms with van der Waals surface area (Å²) in [6, 6.07) is 0. The van der Waals surface area contributed by atoms with Gasteiger partial charge in [0.1, 0.15) is 5.82 Å². The van der Waals surface area contributed by atoms with E-state index in [9.17, 15) is 9.59 Å². The molecule has 0 spiro atoms. The van der Waals surface area contributed by atoms with Crippen LogP contribution < -0.4 is 5.56 Å². The van der Waals surface area contributed by atoms with Crippen LogP contribution >= 0.6 is 0 Å². The number of nitrogens with one attached hydrogen (secondary N) is 1. The molecule has 0 aliphatic carbocycles. The van der Waals surface area contributed by atoms with Crippen molar-refractivity contribution in [2.75, 3.05) is 7.11 Å². The van der Waals surface area contributed by atoms with Gasteiger partial charge in [-0.1, -0.05) is 0 Å². The van der Waals surface area contributed by atoms with Gasteiger partial charge in [-0.25, -0.2) is 4.98 Å². The number of aromatic nitrogens is 2. The van der Waals surface area contributed by atoms with Crippen molar-refractivity contribution in [1.29, 1.82) is 0 Å². The second-order valence-corrected chi connectivity index (χ2v) is 2.58. The van der Waals surface area contributed by atoms with Crippen LogP contribution in [0.3, 0.4) is 0 Å². The van der Waals surface area contributed by atoms with Crippen molar-refractivity contribution in [1.82, 2.24) is 9.97 Å². The van der Waals surface area contributed by atoms with Gasteiger partial charge in [0.2, 0.25) is 0 Å². The van der Waals surface area contributed by atoms with Crippen molar-refractivity contribution in [3.05, 3.63) is 27.9 Å². The van der Waals surface area contributed by atoms with E-state index in [0.29, 0.717) is 11.4 Å². The van der Waals surface area contributed by atoms with Gasteiger partial charge in [0.05, 0.1) is 13.5 Å². The summed E-state index contributed by atoms with van der Waals surface area (Å²) in [5, 5.41) is 0. The molecule has 0 aromatic carbocycles. The van der Waals surface area contributed by atoms with Crippen molar-refractivity contribution >= 4 is 5.97 Å². The number of nitrogens with zero attached hydrogens (tertiary/aromatic N) is 1.